The van der Waals surface area contributed by atoms with Crippen molar-refractivity contribution in [2.45, 2.75) is 19.3 Å². The Hall–Kier alpha value is -5.46. The monoisotopic (exact) mass is 570 g/mol. The van der Waals surface area contributed by atoms with E-state index >= 15 is 0 Å². The predicted molar refractivity (Wildman–Crippen MR) is 192 cm³/mol. The fraction of sp³-hybridized carbons (Fsp3) is 0.0667. The van der Waals surface area contributed by atoms with Crippen molar-refractivity contribution in [3.05, 3.63) is 157 Å². The van der Waals surface area contributed by atoms with Crippen LogP contribution in [0, 0.1) is 0 Å². The lowest BCUT2D eigenvalue weighted by molar-refractivity contribution is 0.661. The standard InChI is InChI=1S/C45H30/c1-45(2)38-24-12-23-35-34-21-10-15-28-16-11-22-36(41(28)34)37-25-29(26-39(45)44(37)43(35)38)42-32-19-8-6-17-30(32)40(27-13-4-3-5-14-27)31-18-7-9-20-33(31)42/h3-26H,1-2H3. The van der Waals surface area contributed by atoms with Crippen LogP contribution in [0.25, 0.3) is 88.0 Å². The Morgan fingerprint density at radius 1 is 0.356 bits per heavy atom. The molecule has 0 unspecified atom stereocenters. The zero-order valence-corrected chi connectivity index (χ0v) is 25.4. The Morgan fingerprint density at radius 2 is 0.867 bits per heavy atom. The smallest absolute Gasteiger partial charge is 0.0159 e. The molecule has 0 nitrogen and oxygen atoms in total. The van der Waals surface area contributed by atoms with Gasteiger partial charge in [-0.15, -0.1) is 0 Å². The Balaban J connectivity index is 1.39. The highest BCUT2D eigenvalue weighted by Crippen LogP contribution is 2.59. The van der Waals surface area contributed by atoms with Crippen LogP contribution < -0.4 is 0 Å². The third-order valence-corrected chi connectivity index (χ3v) is 10.6. The first kappa shape index (κ1) is 24.9. The minimum atomic E-state index is -0.124. The molecule has 10 rings (SSSR count). The fourth-order valence-corrected chi connectivity index (χ4v) is 8.62. The van der Waals surface area contributed by atoms with Crippen LogP contribution in [-0.2, 0) is 5.41 Å². The second-order valence-corrected chi connectivity index (χ2v) is 13.2. The molecule has 2 aliphatic rings. The van der Waals surface area contributed by atoms with Gasteiger partial charge in [-0.25, -0.2) is 0 Å². The average Bonchev–Trinajstić information content (AvgIpc) is 3.24. The third-order valence-electron chi connectivity index (χ3n) is 10.6. The van der Waals surface area contributed by atoms with Gasteiger partial charge in [0.2, 0.25) is 0 Å². The average molecular weight is 571 g/mol. The van der Waals surface area contributed by atoms with Crippen LogP contribution in [0.1, 0.15) is 25.0 Å². The fourth-order valence-electron chi connectivity index (χ4n) is 8.62. The summed E-state index contributed by atoms with van der Waals surface area (Å²) in [6.07, 6.45) is 0. The third kappa shape index (κ3) is 3.21. The highest BCUT2D eigenvalue weighted by atomic mass is 14.4. The maximum Gasteiger partial charge on any atom is 0.0159 e. The summed E-state index contributed by atoms with van der Waals surface area (Å²) in [6, 6.07) is 54.5. The van der Waals surface area contributed by atoms with Gasteiger partial charge in [0.15, 0.2) is 0 Å². The van der Waals surface area contributed by atoms with Crippen molar-refractivity contribution in [1.29, 1.82) is 0 Å². The van der Waals surface area contributed by atoms with Crippen molar-refractivity contribution in [1.82, 2.24) is 0 Å². The predicted octanol–water partition coefficient (Wildman–Crippen LogP) is 12.4. The molecule has 0 fully saturated rings. The lowest BCUT2D eigenvalue weighted by atomic mass is 9.78. The number of benzene rings is 8. The SMILES string of the molecule is CC1(C)c2cccc3c2-c2c(cc(-c4c5ccccc5c(-c5ccccc5)c5ccccc45)cc21)-c1cccc2cccc-3c12. The molecule has 0 spiro atoms. The molecule has 8 aromatic rings. The van der Waals surface area contributed by atoms with E-state index in [2.05, 4.69) is 159 Å². The molecule has 0 aromatic heterocycles. The summed E-state index contributed by atoms with van der Waals surface area (Å²) in [5.41, 5.74) is 16.1. The topological polar surface area (TPSA) is 0 Å². The van der Waals surface area contributed by atoms with E-state index in [0.717, 1.165) is 0 Å². The number of hydrogen-bond donors (Lipinski definition) is 0. The van der Waals surface area contributed by atoms with Gasteiger partial charge in [0, 0.05) is 5.41 Å². The Kier molecular flexibility index (Phi) is 4.88. The van der Waals surface area contributed by atoms with E-state index in [9.17, 15) is 0 Å². The summed E-state index contributed by atoms with van der Waals surface area (Å²) in [6.45, 7) is 4.83. The van der Waals surface area contributed by atoms with E-state index in [-0.39, 0.29) is 5.41 Å². The molecule has 0 heteroatoms. The van der Waals surface area contributed by atoms with Gasteiger partial charge in [-0.2, -0.15) is 0 Å². The molecule has 210 valence electrons. The second kappa shape index (κ2) is 8.80. The van der Waals surface area contributed by atoms with Gasteiger partial charge in [0.05, 0.1) is 0 Å². The highest BCUT2D eigenvalue weighted by Gasteiger charge is 2.40. The summed E-state index contributed by atoms with van der Waals surface area (Å²) >= 11 is 0. The maximum absolute atomic E-state index is 2.52. The van der Waals surface area contributed by atoms with Crippen LogP contribution in [0.4, 0.5) is 0 Å². The minimum absolute atomic E-state index is 0.124. The molecule has 0 bridgehead atoms. The molecular formula is C45H30. The molecule has 8 aromatic carbocycles. The van der Waals surface area contributed by atoms with E-state index in [1.54, 1.807) is 0 Å². The Bertz CT molecular complexity index is 2480. The minimum Gasteiger partial charge on any atom is -0.0622 e. The van der Waals surface area contributed by atoms with E-state index in [0.29, 0.717) is 0 Å². The van der Waals surface area contributed by atoms with Gasteiger partial charge in [-0.3, -0.25) is 0 Å². The van der Waals surface area contributed by atoms with Crippen LogP contribution in [0.2, 0.25) is 0 Å². The highest BCUT2D eigenvalue weighted by molar-refractivity contribution is 6.22. The Morgan fingerprint density at radius 3 is 1.51 bits per heavy atom. The second-order valence-electron chi connectivity index (χ2n) is 13.2. The van der Waals surface area contributed by atoms with Crippen molar-refractivity contribution in [3.8, 4) is 55.6 Å². The summed E-state index contributed by atoms with van der Waals surface area (Å²) < 4.78 is 0. The number of rotatable bonds is 2. The molecule has 0 saturated heterocycles. The van der Waals surface area contributed by atoms with E-state index in [4.69, 9.17) is 0 Å². The van der Waals surface area contributed by atoms with E-state index < -0.39 is 0 Å². The number of fused-ring (bicyclic) bond motifs is 4. The van der Waals surface area contributed by atoms with E-state index in [1.807, 2.05) is 0 Å². The number of hydrogen-bond acceptors (Lipinski definition) is 0. The maximum atomic E-state index is 2.52. The zero-order chi connectivity index (χ0) is 29.9. The van der Waals surface area contributed by atoms with Crippen LogP contribution in [-0.4, -0.2) is 0 Å². The van der Waals surface area contributed by atoms with Gasteiger partial charge in [0.1, 0.15) is 0 Å². The quantitative estimate of drug-likeness (QED) is 0.181. The zero-order valence-electron chi connectivity index (χ0n) is 25.4. The molecule has 0 aliphatic heterocycles. The molecular weight excluding hydrogens is 540 g/mol. The molecule has 0 N–H and O–H groups in total. The first-order valence-electron chi connectivity index (χ1n) is 16.0. The van der Waals surface area contributed by atoms with Crippen molar-refractivity contribution >= 4 is 32.3 Å². The molecule has 0 heterocycles. The van der Waals surface area contributed by atoms with Gasteiger partial charge in [-0.1, -0.05) is 147 Å². The summed E-state index contributed by atoms with van der Waals surface area (Å²) in [4.78, 5) is 0. The van der Waals surface area contributed by atoms with E-state index in [1.165, 1.54) is 99.1 Å². The first-order chi connectivity index (χ1) is 22.1. The largest absolute Gasteiger partial charge is 0.0622 e. The van der Waals surface area contributed by atoms with Gasteiger partial charge in [-0.05, 0) is 111 Å². The first-order valence-corrected chi connectivity index (χ1v) is 16.0. The van der Waals surface area contributed by atoms with Crippen LogP contribution in [0.5, 0.6) is 0 Å². The van der Waals surface area contributed by atoms with Gasteiger partial charge in [0.25, 0.3) is 0 Å². The van der Waals surface area contributed by atoms with Crippen LogP contribution >= 0.6 is 0 Å². The van der Waals surface area contributed by atoms with Crippen molar-refractivity contribution in [2.75, 3.05) is 0 Å². The normalized spacial score (nSPS) is 13.7. The molecule has 0 radical (unpaired) electrons. The molecule has 45 heavy (non-hydrogen) atoms. The summed E-state index contributed by atoms with van der Waals surface area (Å²) in [5, 5.41) is 7.83. The molecule has 0 saturated carbocycles. The van der Waals surface area contributed by atoms with Crippen molar-refractivity contribution < 1.29 is 0 Å². The molecule has 0 amide bonds. The van der Waals surface area contributed by atoms with Crippen molar-refractivity contribution in [3.63, 3.8) is 0 Å². The summed E-state index contributed by atoms with van der Waals surface area (Å²) in [7, 11) is 0. The van der Waals surface area contributed by atoms with Crippen LogP contribution in [0.15, 0.2) is 146 Å². The van der Waals surface area contributed by atoms with Gasteiger partial charge < -0.3 is 0 Å². The van der Waals surface area contributed by atoms with Crippen molar-refractivity contribution in [2.24, 2.45) is 0 Å². The van der Waals surface area contributed by atoms with Crippen LogP contribution in [0.3, 0.4) is 0 Å². The molecule has 2 aliphatic carbocycles. The summed E-state index contributed by atoms with van der Waals surface area (Å²) in [5.74, 6) is 0. The lowest BCUT2D eigenvalue weighted by Crippen LogP contribution is -2.15. The van der Waals surface area contributed by atoms with Gasteiger partial charge >= 0.3 is 0 Å². The Labute approximate surface area is 263 Å². The lowest BCUT2D eigenvalue weighted by Gasteiger charge is -2.25. The molecule has 0 atom stereocenters.